The molecule has 0 aliphatic carbocycles. The molecule has 0 N–H and O–H groups in total. The molecule has 11 heteroatoms. The van der Waals surface area contributed by atoms with Crippen LogP contribution in [-0.2, 0) is 22.4 Å². The lowest BCUT2D eigenvalue weighted by Crippen LogP contribution is -2.51. The standard InChI is InChI=1S/C18H17F4N5O2/c1-10-14-23-24-15(18(20,21)22)27(14)8-7-26(10)16(28)17(2)9-13(25-29-17)11-5-3-4-6-12(11)19/h3-6,10H,7-9H2,1-2H3. The number of nitrogens with zero attached hydrogens (tertiary/aromatic N) is 5. The van der Waals surface area contributed by atoms with Gasteiger partial charge in [0.15, 0.2) is 5.82 Å². The van der Waals surface area contributed by atoms with E-state index in [9.17, 15) is 22.4 Å². The van der Waals surface area contributed by atoms with E-state index in [1.54, 1.807) is 25.1 Å². The molecule has 1 amide bonds. The van der Waals surface area contributed by atoms with Gasteiger partial charge >= 0.3 is 6.18 Å². The maximum Gasteiger partial charge on any atom is 0.451 e. The topological polar surface area (TPSA) is 72.6 Å². The molecular formula is C18H17F4N5O2. The number of aromatic nitrogens is 3. The Morgan fingerprint density at radius 1 is 1.24 bits per heavy atom. The zero-order valence-corrected chi connectivity index (χ0v) is 15.6. The zero-order valence-electron chi connectivity index (χ0n) is 15.6. The highest BCUT2D eigenvalue weighted by molar-refractivity contribution is 6.05. The van der Waals surface area contributed by atoms with E-state index in [2.05, 4.69) is 15.4 Å². The second-order valence-electron chi connectivity index (χ2n) is 7.22. The highest BCUT2D eigenvalue weighted by Crippen LogP contribution is 2.36. The molecule has 0 spiro atoms. The van der Waals surface area contributed by atoms with Gasteiger partial charge in [0.2, 0.25) is 11.4 Å². The minimum Gasteiger partial charge on any atom is -0.379 e. The average molecular weight is 411 g/mol. The molecule has 4 rings (SSSR count). The maximum absolute atomic E-state index is 14.0. The second kappa shape index (κ2) is 6.53. The Labute approximate surface area is 162 Å². The van der Waals surface area contributed by atoms with Crippen molar-refractivity contribution in [2.24, 2.45) is 5.16 Å². The number of benzene rings is 1. The fourth-order valence-electron chi connectivity index (χ4n) is 3.67. The third kappa shape index (κ3) is 3.14. The smallest absolute Gasteiger partial charge is 0.379 e. The molecule has 0 saturated heterocycles. The highest BCUT2D eigenvalue weighted by Gasteiger charge is 2.48. The first-order valence-electron chi connectivity index (χ1n) is 8.93. The van der Waals surface area contributed by atoms with E-state index in [0.717, 1.165) is 4.57 Å². The van der Waals surface area contributed by atoms with Gasteiger partial charge in [-0.05, 0) is 19.9 Å². The van der Waals surface area contributed by atoms with E-state index in [4.69, 9.17) is 4.84 Å². The van der Waals surface area contributed by atoms with E-state index >= 15 is 0 Å². The van der Waals surface area contributed by atoms with Gasteiger partial charge in [-0.15, -0.1) is 10.2 Å². The van der Waals surface area contributed by atoms with Gasteiger partial charge in [-0.1, -0.05) is 23.4 Å². The Bertz CT molecular complexity index is 1000. The maximum atomic E-state index is 14.0. The molecule has 2 atom stereocenters. The van der Waals surface area contributed by atoms with Crippen LogP contribution in [0.1, 0.15) is 43.5 Å². The van der Waals surface area contributed by atoms with Crippen LogP contribution in [0.3, 0.4) is 0 Å². The summed E-state index contributed by atoms with van der Waals surface area (Å²) in [6.07, 6.45) is -4.59. The molecule has 2 aromatic rings. The number of alkyl halides is 3. The molecule has 2 unspecified atom stereocenters. The van der Waals surface area contributed by atoms with Crippen LogP contribution < -0.4 is 0 Å². The van der Waals surface area contributed by atoms with Crippen LogP contribution in [0.5, 0.6) is 0 Å². The van der Waals surface area contributed by atoms with Crippen molar-refractivity contribution in [3.05, 3.63) is 47.3 Å². The van der Waals surface area contributed by atoms with Crippen molar-refractivity contribution in [2.75, 3.05) is 6.54 Å². The van der Waals surface area contributed by atoms with E-state index in [1.165, 1.54) is 17.9 Å². The lowest BCUT2D eigenvalue weighted by Gasteiger charge is -2.37. The first kappa shape index (κ1) is 19.3. The Morgan fingerprint density at radius 2 is 1.97 bits per heavy atom. The minimum absolute atomic E-state index is 0.0299. The highest BCUT2D eigenvalue weighted by atomic mass is 19.4. The van der Waals surface area contributed by atoms with Crippen LogP contribution >= 0.6 is 0 Å². The van der Waals surface area contributed by atoms with Gasteiger partial charge in [0, 0.05) is 25.1 Å². The van der Waals surface area contributed by atoms with Crippen LogP contribution in [0.15, 0.2) is 29.4 Å². The average Bonchev–Trinajstić information content (AvgIpc) is 3.27. The van der Waals surface area contributed by atoms with Crippen molar-refractivity contribution < 1.29 is 27.2 Å². The van der Waals surface area contributed by atoms with Crippen molar-refractivity contribution in [1.82, 2.24) is 19.7 Å². The summed E-state index contributed by atoms with van der Waals surface area (Å²) in [6, 6.07) is 5.28. The van der Waals surface area contributed by atoms with Gasteiger partial charge in [0.25, 0.3) is 5.91 Å². The molecule has 7 nitrogen and oxygen atoms in total. The van der Waals surface area contributed by atoms with E-state index in [1.807, 2.05) is 0 Å². The monoisotopic (exact) mass is 411 g/mol. The summed E-state index contributed by atoms with van der Waals surface area (Å²) in [5, 5.41) is 10.8. The van der Waals surface area contributed by atoms with Crippen molar-refractivity contribution in [3.63, 3.8) is 0 Å². The molecule has 1 aromatic carbocycles. The SMILES string of the molecule is CC1c2nnc(C(F)(F)F)n2CCN1C(=O)C1(C)CC(c2ccccc2F)=NO1. The van der Waals surface area contributed by atoms with Crippen LogP contribution in [0, 0.1) is 5.82 Å². The first-order chi connectivity index (χ1) is 13.6. The molecule has 2 aliphatic heterocycles. The van der Waals surface area contributed by atoms with Gasteiger partial charge in [0.05, 0.1) is 11.8 Å². The normalized spacial score (nSPS) is 24.1. The Hall–Kier alpha value is -2.98. The van der Waals surface area contributed by atoms with Crippen LogP contribution in [-0.4, -0.2) is 43.4 Å². The Morgan fingerprint density at radius 3 is 2.66 bits per heavy atom. The van der Waals surface area contributed by atoms with E-state index in [-0.39, 0.29) is 30.9 Å². The molecule has 3 heterocycles. The lowest BCUT2D eigenvalue weighted by atomic mass is 9.93. The molecule has 1 aromatic heterocycles. The minimum atomic E-state index is -4.62. The van der Waals surface area contributed by atoms with Gasteiger partial charge in [-0.25, -0.2) is 4.39 Å². The summed E-state index contributed by atoms with van der Waals surface area (Å²) in [5.41, 5.74) is -0.850. The molecule has 0 radical (unpaired) electrons. The molecule has 0 fully saturated rings. The van der Waals surface area contributed by atoms with Gasteiger partial charge in [-0.3, -0.25) is 4.79 Å². The molecule has 0 bridgehead atoms. The summed E-state index contributed by atoms with van der Waals surface area (Å²) < 4.78 is 54.2. The van der Waals surface area contributed by atoms with Crippen molar-refractivity contribution >= 4 is 11.6 Å². The van der Waals surface area contributed by atoms with Gasteiger partial charge in [-0.2, -0.15) is 13.2 Å². The zero-order chi connectivity index (χ0) is 21.0. The van der Waals surface area contributed by atoms with Crippen molar-refractivity contribution in [1.29, 1.82) is 0 Å². The number of amides is 1. The molecule has 29 heavy (non-hydrogen) atoms. The van der Waals surface area contributed by atoms with Crippen molar-refractivity contribution in [2.45, 2.75) is 44.6 Å². The summed E-state index contributed by atoms with van der Waals surface area (Å²) in [5.74, 6) is -1.97. The number of hydrogen-bond donors (Lipinski definition) is 0. The number of halogens is 4. The molecule has 154 valence electrons. The van der Waals surface area contributed by atoms with E-state index < -0.39 is 35.4 Å². The second-order valence-corrected chi connectivity index (χ2v) is 7.22. The van der Waals surface area contributed by atoms with E-state index in [0.29, 0.717) is 5.71 Å². The summed E-state index contributed by atoms with van der Waals surface area (Å²) >= 11 is 0. The molecule has 2 aliphatic rings. The summed E-state index contributed by atoms with van der Waals surface area (Å²) in [6.45, 7) is 3.04. The summed E-state index contributed by atoms with van der Waals surface area (Å²) in [7, 11) is 0. The number of carbonyl (C=O) groups excluding carboxylic acids is 1. The number of hydrogen-bond acceptors (Lipinski definition) is 5. The van der Waals surface area contributed by atoms with Crippen molar-refractivity contribution in [3.8, 4) is 0 Å². The largest absolute Gasteiger partial charge is 0.451 e. The van der Waals surface area contributed by atoms with Gasteiger partial charge < -0.3 is 14.3 Å². The quantitative estimate of drug-likeness (QED) is 0.713. The predicted molar refractivity (Wildman–Crippen MR) is 92.2 cm³/mol. The van der Waals surface area contributed by atoms with Crippen LogP contribution in [0.2, 0.25) is 0 Å². The fraction of sp³-hybridized carbons (Fsp3) is 0.444. The van der Waals surface area contributed by atoms with Crippen LogP contribution in [0.25, 0.3) is 0 Å². The lowest BCUT2D eigenvalue weighted by molar-refractivity contribution is -0.157. The number of carbonyl (C=O) groups is 1. The predicted octanol–water partition coefficient (Wildman–Crippen LogP) is 2.92. The third-order valence-corrected chi connectivity index (χ3v) is 5.20. The number of oxime groups is 1. The summed E-state index contributed by atoms with van der Waals surface area (Å²) in [4.78, 5) is 19.9. The fourth-order valence-corrected chi connectivity index (χ4v) is 3.67. The van der Waals surface area contributed by atoms with Crippen LogP contribution in [0.4, 0.5) is 17.6 Å². The Kier molecular flexibility index (Phi) is 4.35. The molecular weight excluding hydrogens is 394 g/mol. The third-order valence-electron chi connectivity index (χ3n) is 5.20. The first-order valence-corrected chi connectivity index (χ1v) is 8.93. The Balaban J connectivity index is 1.55. The molecule has 0 saturated carbocycles. The number of rotatable bonds is 2. The van der Waals surface area contributed by atoms with Gasteiger partial charge in [0.1, 0.15) is 5.82 Å². The number of fused-ring (bicyclic) bond motifs is 1.